The second kappa shape index (κ2) is 5.97. The van der Waals surface area contributed by atoms with E-state index in [9.17, 15) is 8.42 Å². The van der Waals surface area contributed by atoms with E-state index in [0.717, 1.165) is 12.8 Å². The number of hydrogen-bond donors (Lipinski definition) is 2. The first-order valence-corrected chi connectivity index (χ1v) is 8.75. The van der Waals surface area contributed by atoms with Crippen molar-refractivity contribution < 1.29 is 8.42 Å². The van der Waals surface area contributed by atoms with Crippen LogP contribution in [0.2, 0.25) is 0 Å². The maximum Gasteiger partial charge on any atom is 0.247 e. The summed E-state index contributed by atoms with van der Waals surface area (Å²) in [5.41, 5.74) is 2.36. The number of anilines is 1. The van der Waals surface area contributed by atoms with Gasteiger partial charge < -0.3 is 5.43 Å². The number of nitrogens with zero attached hydrogens (tertiary/aromatic N) is 2. The minimum Gasteiger partial charge on any atom is -0.307 e. The summed E-state index contributed by atoms with van der Waals surface area (Å²) in [5.74, 6) is 5.88. The molecular weight excluding hydrogens is 344 g/mol. The zero-order valence-electron chi connectivity index (χ0n) is 11.5. The molecule has 1 aliphatic heterocycles. The molecule has 1 fully saturated rings. The largest absolute Gasteiger partial charge is 0.307 e. The van der Waals surface area contributed by atoms with E-state index in [1.807, 2.05) is 6.92 Å². The van der Waals surface area contributed by atoms with Crippen molar-refractivity contribution in [1.82, 2.24) is 9.29 Å². The minimum atomic E-state index is -3.61. The van der Waals surface area contributed by atoms with Crippen molar-refractivity contribution in [1.29, 1.82) is 0 Å². The summed E-state index contributed by atoms with van der Waals surface area (Å²) >= 11 is 3.25. The SMILES string of the molecule is CC1CCCN(S(=O)(=O)c2cc(Br)cnc2NN)C1C. The zero-order valence-corrected chi connectivity index (χ0v) is 13.9. The number of hydrogen-bond acceptors (Lipinski definition) is 5. The van der Waals surface area contributed by atoms with Gasteiger partial charge in [0.25, 0.3) is 0 Å². The molecule has 0 bridgehead atoms. The van der Waals surface area contributed by atoms with Crippen LogP contribution in [-0.4, -0.2) is 30.3 Å². The smallest absolute Gasteiger partial charge is 0.247 e. The van der Waals surface area contributed by atoms with Gasteiger partial charge in [0.1, 0.15) is 4.90 Å². The Morgan fingerprint density at radius 2 is 2.20 bits per heavy atom. The Bertz CT molecular complexity index is 593. The molecule has 20 heavy (non-hydrogen) atoms. The lowest BCUT2D eigenvalue weighted by atomic mass is 9.94. The van der Waals surface area contributed by atoms with Crippen molar-refractivity contribution in [2.45, 2.75) is 37.6 Å². The van der Waals surface area contributed by atoms with Crippen molar-refractivity contribution >= 4 is 31.8 Å². The molecule has 6 nitrogen and oxygen atoms in total. The summed E-state index contributed by atoms with van der Waals surface area (Å²) in [6.45, 7) is 4.56. The van der Waals surface area contributed by atoms with Crippen molar-refractivity contribution in [3.63, 3.8) is 0 Å². The van der Waals surface area contributed by atoms with Crippen molar-refractivity contribution in [2.24, 2.45) is 11.8 Å². The average molecular weight is 363 g/mol. The van der Waals surface area contributed by atoms with E-state index in [2.05, 4.69) is 33.3 Å². The highest BCUT2D eigenvalue weighted by Gasteiger charge is 2.36. The van der Waals surface area contributed by atoms with Gasteiger partial charge in [-0.25, -0.2) is 19.2 Å². The first-order valence-electron chi connectivity index (χ1n) is 6.52. The Balaban J connectivity index is 2.47. The molecule has 1 aromatic rings. The molecule has 0 amide bonds. The topological polar surface area (TPSA) is 88.3 Å². The van der Waals surface area contributed by atoms with Gasteiger partial charge in [0, 0.05) is 23.3 Å². The van der Waals surface area contributed by atoms with Crippen molar-refractivity contribution in [3.05, 3.63) is 16.7 Å². The van der Waals surface area contributed by atoms with Crippen LogP contribution in [0.1, 0.15) is 26.7 Å². The van der Waals surface area contributed by atoms with E-state index in [-0.39, 0.29) is 16.8 Å². The lowest BCUT2D eigenvalue weighted by Crippen LogP contribution is -2.46. The quantitative estimate of drug-likeness (QED) is 0.633. The van der Waals surface area contributed by atoms with E-state index >= 15 is 0 Å². The van der Waals surface area contributed by atoms with Crippen LogP contribution in [0.15, 0.2) is 21.6 Å². The van der Waals surface area contributed by atoms with Crippen molar-refractivity contribution in [2.75, 3.05) is 12.0 Å². The third-order valence-corrected chi connectivity index (χ3v) is 6.29. The highest BCUT2D eigenvalue weighted by molar-refractivity contribution is 9.10. The minimum absolute atomic E-state index is 0.0293. The summed E-state index contributed by atoms with van der Waals surface area (Å²) in [5, 5.41) is 0. The molecule has 0 radical (unpaired) electrons. The lowest BCUT2D eigenvalue weighted by molar-refractivity contribution is 0.202. The van der Waals surface area contributed by atoms with Gasteiger partial charge >= 0.3 is 0 Å². The number of pyridine rings is 1. The number of piperidine rings is 1. The third-order valence-electron chi connectivity index (χ3n) is 3.86. The Morgan fingerprint density at radius 1 is 1.50 bits per heavy atom. The Kier molecular flexibility index (Phi) is 4.68. The third kappa shape index (κ3) is 2.83. The normalized spacial score (nSPS) is 24.6. The van der Waals surface area contributed by atoms with E-state index in [4.69, 9.17) is 5.84 Å². The molecule has 8 heteroatoms. The molecule has 2 atom stereocenters. The molecule has 2 rings (SSSR count). The zero-order chi connectivity index (χ0) is 14.9. The van der Waals surface area contributed by atoms with Gasteiger partial charge in [-0.15, -0.1) is 0 Å². The summed E-state index contributed by atoms with van der Waals surface area (Å²) in [6, 6.07) is 1.50. The maximum absolute atomic E-state index is 12.8. The molecule has 0 aromatic carbocycles. The summed E-state index contributed by atoms with van der Waals surface area (Å²) in [7, 11) is -3.61. The number of rotatable bonds is 3. The molecular formula is C12H19BrN4O2S. The van der Waals surface area contributed by atoms with Crippen molar-refractivity contribution in [3.8, 4) is 0 Å². The number of halogens is 1. The molecule has 2 heterocycles. The Labute approximate surface area is 127 Å². The molecule has 0 spiro atoms. The maximum atomic E-state index is 12.8. The van der Waals surface area contributed by atoms with Crippen LogP contribution in [-0.2, 0) is 10.0 Å². The molecule has 1 aromatic heterocycles. The predicted octanol–water partition coefficient (Wildman–Crippen LogP) is 1.94. The number of nitrogen functional groups attached to an aromatic ring is 1. The molecule has 3 N–H and O–H groups in total. The van der Waals surface area contributed by atoms with Crippen LogP contribution in [0.3, 0.4) is 0 Å². The van der Waals surface area contributed by atoms with Crippen LogP contribution in [0.4, 0.5) is 5.82 Å². The summed E-state index contributed by atoms with van der Waals surface area (Å²) < 4.78 is 27.8. The number of hydrazine groups is 1. The van der Waals surface area contributed by atoms with Gasteiger partial charge in [-0.1, -0.05) is 6.92 Å². The molecule has 112 valence electrons. The highest BCUT2D eigenvalue weighted by atomic mass is 79.9. The van der Waals surface area contributed by atoms with Crippen LogP contribution in [0.25, 0.3) is 0 Å². The monoisotopic (exact) mass is 362 g/mol. The number of nitrogens with two attached hydrogens (primary N) is 1. The molecule has 0 saturated carbocycles. The predicted molar refractivity (Wildman–Crippen MR) is 81.5 cm³/mol. The van der Waals surface area contributed by atoms with Gasteiger partial charge in [0.15, 0.2) is 5.82 Å². The van der Waals surface area contributed by atoms with E-state index in [1.54, 1.807) is 4.31 Å². The van der Waals surface area contributed by atoms with Crippen LogP contribution in [0.5, 0.6) is 0 Å². The van der Waals surface area contributed by atoms with E-state index in [0.29, 0.717) is 16.9 Å². The van der Waals surface area contributed by atoms with E-state index in [1.165, 1.54) is 12.3 Å². The van der Waals surface area contributed by atoms with E-state index < -0.39 is 10.0 Å². The average Bonchev–Trinajstić information content (AvgIpc) is 2.41. The van der Waals surface area contributed by atoms with Crippen LogP contribution >= 0.6 is 15.9 Å². The molecule has 1 saturated heterocycles. The summed E-state index contributed by atoms with van der Waals surface area (Å²) in [4.78, 5) is 4.12. The molecule has 2 unspecified atom stereocenters. The number of sulfonamides is 1. The van der Waals surface area contributed by atoms with Gasteiger partial charge in [0.05, 0.1) is 0 Å². The Hall–Kier alpha value is -0.700. The van der Waals surface area contributed by atoms with Crippen LogP contribution in [0, 0.1) is 5.92 Å². The lowest BCUT2D eigenvalue weighted by Gasteiger charge is -2.36. The van der Waals surface area contributed by atoms with Crippen LogP contribution < -0.4 is 11.3 Å². The van der Waals surface area contributed by atoms with Gasteiger partial charge in [-0.2, -0.15) is 4.31 Å². The second-order valence-electron chi connectivity index (χ2n) is 5.12. The number of nitrogens with one attached hydrogen (secondary N) is 1. The fourth-order valence-electron chi connectivity index (χ4n) is 2.49. The number of aromatic nitrogens is 1. The fraction of sp³-hybridized carbons (Fsp3) is 0.583. The van der Waals surface area contributed by atoms with Gasteiger partial charge in [-0.05, 0) is 47.7 Å². The molecule has 0 aliphatic carbocycles. The fourth-order valence-corrected chi connectivity index (χ4v) is 4.87. The molecule has 1 aliphatic rings. The first-order chi connectivity index (χ1) is 9.37. The van der Waals surface area contributed by atoms with Gasteiger partial charge in [-0.3, -0.25) is 0 Å². The standard InChI is InChI=1S/C12H19BrN4O2S/c1-8-4-3-5-17(9(8)2)20(18,19)11-6-10(13)7-15-12(11)16-14/h6-9H,3-5,14H2,1-2H3,(H,15,16). The highest BCUT2D eigenvalue weighted by Crippen LogP contribution is 2.32. The summed E-state index contributed by atoms with van der Waals surface area (Å²) in [6.07, 6.45) is 3.43. The van der Waals surface area contributed by atoms with Gasteiger partial charge in [0.2, 0.25) is 10.0 Å². The Morgan fingerprint density at radius 3 is 2.85 bits per heavy atom. The first kappa shape index (κ1) is 15.7. The second-order valence-corrected chi connectivity index (χ2v) is 7.90.